The largest absolute Gasteiger partial charge is 0.493 e. The van der Waals surface area contributed by atoms with E-state index in [1.807, 2.05) is 36.4 Å². The number of amidine groups is 1. The second-order valence-electron chi connectivity index (χ2n) is 5.22. The first-order valence-corrected chi connectivity index (χ1v) is 9.01. The Kier molecular flexibility index (Phi) is 5.45. The van der Waals surface area contributed by atoms with E-state index in [0.717, 1.165) is 27.4 Å². The highest BCUT2D eigenvalue weighted by molar-refractivity contribution is 9.10. The molecule has 0 saturated carbocycles. The molecule has 7 heteroatoms. The molecule has 1 heterocycles. The lowest BCUT2D eigenvalue weighted by molar-refractivity contribution is -0.115. The number of rotatable bonds is 5. The Morgan fingerprint density at radius 3 is 2.60 bits per heavy atom. The quantitative estimate of drug-likeness (QED) is 0.714. The van der Waals surface area contributed by atoms with Gasteiger partial charge in [0.25, 0.3) is 5.91 Å². The third-order valence-corrected chi connectivity index (χ3v) is 4.81. The van der Waals surface area contributed by atoms with Crippen LogP contribution in [0.15, 0.2) is 51.8 Å². The average molecular weight is 419 g/mol. The van der Waals surface area contributed by atoms with Crippen LogP contribution in [0.2, 0.25) is 0 Å². The summed E-state index contributed by atoms with van der Waals surface area (Å²) in [5, 5.41) is 10.1. The normalized spacial score (nSPS) is 15.4. The van der Waals surface area contributed by atoms with Crippen LogP contribution in [0.1, 0.15) is 11.1 Å². The minimum absolute atomic E-state index is 0.137. The van der Waals surface area contributed by atoms with Crippen molar-refractivity contribution in [2.75, 3.05) is 7.11 Å². The number of halogens is 1. The first kappa shape index (κ1) is 17.6. The van der Waals surface area contributed by atoms with Gasteiger partial charge in [0, 0.05) is 4.47 Å². The standard InChI is InChI=1S/C18H15BrN2O3S/c1-23-15-8-12(9-16-17(22)21-18(20)25-16)4-7-14(15)24-10-11-2-5-13(19)6-3-11/h2-9H,10H2,1H3,(H2,20,21,22)/b16-9+. The Labute approximate surface area is 158 Å². The van der Waals surface area contributed by atoms with Gasteiger partial charge in [-0.3, -0.25) is 10.2 Å². The van der Waals surface area contributed by atoms with E-state index < -0.39 is 0 Å². The van der Waals surface area contributed by atoms with Crippen molar-refractivity contribution >= 4 is 44.8 Å². The van der Waals surface area contributed by atoms with Gasteiger partial charge in [-0.05, 0) is 53.2 Å². The average Bonchev–Trinajstić information content (AvgIpc) is 2.92. The van der Waals surface area contributed by atoms with Crippen LogP contribution >= 0.6 is 27.7 Å². The lowest BCUT2D eigenvalue weighted by atomic mass is 10.2. The van der Waals surface area contributed by atoms with Gasteiger partial charge >= 0.3 is 0 Å². The summed E-state index contributed by atoms with van der Waals surface area (Å²) in [6.07, 6.45) is 1.72. The molecule has 1 saturated heterocycles. The zero-order valence-corrected chi connectivity index (χ0v) is 15.7. The summed E-state index contributed by atoms with van der Waals surface area (Å²) in [6, 6.07) is 13.4. The summed E-state index contributed by atoms with van der Waals surface area (Å²) in [7, 11) is 1.57. The number of benzene rings is 2. The van der Waals surface area contributed by atoms with E-state index in [0.29, 0.717) is 23.0 Å². The summed E-state index contributed by atoms with van der Waals surface area (Å²) >= 11 is 4.51. The highest BCUT2D eigenvalue weighted by Gasteiger charge is 2.22. The predicted octanol–water partition coefficient (Wildman–Crippen LogP) is 4.18. The first-order valence-electron chi connectivity index (χ1n) is 7.40. The summed E-state index contributed by atoms with van der Waals surface area (Å²) < 4.78 is 12.3. The van der Waals surface area contributed by atoms with Crippen LogP contribution in [0, 0.1) is 5.41 Å². The Balaban J connectivity index is 1.75. The molecule has 0 bridgehead atoms. The number of carbonyl (C=O) groups is 1. The molecule has 1 amide bonds. The maximum atomic E-state index is 11.7. The Morgan fingerprint density at radius 1 is 1.20 bits per heavy atom. The van der Waals surface area contributed by atoms with Gasteiger partial charge in [0.05, 0.1) is 12.0 Å². The fraction of sp³-hybridized carbons (Fsp3) is 0.111. The van der Waals surface area contributed by atoms with Gasteiger partial charge in [-0.1, -0.05) is 34.1 Å². The van der Waals surface area contributed by atoms with E-state index in [4.69, 9.17) is 14.9 Å². The second-order valence-corrected chi connectivity index (χ2v) is 7.19. The number of ether oxygens (including phenoxy) is 2. The fourth-order valence-corrected chi connectivity index (χ4v) is 3.19. The number of hydrogen-bond acceptors (Lipinski definition) is 5. The second kappa shape index (κ2) is 7.76. The van der Waals surface area contributed by atoms with E-state index in [9.17, 15) is 4.79 Å². The number of amides is 1. The SMILES string of the molecule is COc1cc(/C=C2/SC(=N)NC2=O)ccc1OCc1ccc(Br)cc1. The van der Waals surface area contributed by atoms with E-state index in [-0.39, 0.29) is 11.1 Å². The molecule has 2 N–H and O–H groups in total. The molecule has 1 aliphatic heterocycles. The van der Waals surface area contributed by atoms with Crippen molar-refractivity contribution in [3.63, 3.8) is 0 Å². The molecular weight excluding hydrogens is 404 g/mol. The molecule has 0 radical (unpaired) electrons. The summed E-state index contributed by atoms with van der Waals surface area (Å²) in [5.41, 5.74) is 1.86. The molecule has 3 rings (SSSR count). The maximum absolute atomic E-state index is 11.7. The summed E-state index contributed by atoms with van der Waals surface area (Å²) in [4.78, 5) is 12.2. The van der Waals surface area contributed by atoms with Crippen molar-refractivity contribution in [2.45, 2.75) is 6.61 Å². The van der Waals surface area contributed by atoms with Gasteiger partial charge in [0.15, 0.2) is 16.7 Å². The Bertz CT molecular complexity index is 850. The van der Waals surface area contributed by atoms with Gasteiger partial charge in [-0.2, -0.15) is 0 Å². The molecule has 128 valence electrons. The van der Waals surface area contributed by atoms with Crippen LogP contribution in [0.5, 0.6) is 11.5 Å². The summed E-state index contributed by atoms with van der Waals surface area (Å²) in [5.74, 6) is 0.957. The molecule has 1 fully saturated rings. The van der Waals surface area contributed by atoms with Crippen molar-refractivity contribution in [1.29, 1.82) is 5.41 Å². The van der Waals surface area contributed by atoms with Gasteiger partial charge in [-0.25, -0.2) is 0 Å². The lowest BCUT2D eigenvalue weighted by Gasteiger charge is -2.11. The van der Waals surface area contributed by atoms with Crippen LogP contribution < -0.4 is 14.8 Å². The number of thioether (sulfide) groups is 1. The minimum atomic E-state index is -0.260. The molecule has 1 aliphatic rings. The molecule has 2 aromatic rings. The third-order valence-electron chi connectivity index (χ3n) is 3.46. The van der Waals surface area contributed by atoms with Crippen molar-refractivity contribution in [1.82, 2.24) is 5.32 Å². The van der Waals surface area contributed by atoms with Gasteiger partial charge in [0.2, 0.25) is 0 Å². The van der Waals surface area contributed by atoms with Crippen molar-refractivity contribution in [3.05, 3.63) is 63.0 Å². The fourth-order valence-electron chi connectivity index (χ4n) is 2.23. The molecular formula is C18H15BrN2O3S. The van der Waals surface area contributed by atoms with Crippen LogP contribution in [0.25, 0.3) is 6.08 Å². The predicted molar refractivity (Wildman–Crippen MR) is 103 cm³/mol. The van der Waals surface area contributed by atoms with Gasteiger partial charge < -0.3 is 14.8 Å². The van der Waals surface area contributed by atoms with Gasteiger partial charge in [0.1, 0.15) is 6.61 Å². The van der Waals surface area contributed by atoms with E-state index in [2.05, 4.69) is 21.2 Å². The topological polar surface area (TPSA) is 71.4 Å². The van der Waals surface area contributed by atoms with Crippen LogP contribution in [-0.2, 0) is 11.4 Å². The molecule has 0 spiro atoms. The van der Waals surface area contributed by atoms with Gasteiger partial charge in [-0.15, -0.1) is 0 Å². The zero-order chi connectivity index (χ0) is 17.8. The van der Waals surface area contributed by atoms with E-state index >= 15 is 0 Å². The monoisotopic (exact) mass is 418 g/mol. The number of carbonyl (C=O) groups excluding carboxylic acids is 1. The molecule has 0 unspecified atom stereocenters. The Morgan fingerprint density at radius 2 is 1.96 bits per heavy atom. The van der Waals surface area contributed by atoms with Crippen LogP contribution in [-0.4, -0.2) is 18.2 Å². The lowest BCUT2D eigenvalue weighted by Crippen LogP contribution is -2.18. The number of methoxy groups -OCH3 is 1. The number of hydrogen-bond donors (Lipinski definition) is 2. The number of nitrogens with one attached hydrogen (secondary N) is 2. The highest BCUT2D eigenvalue weighted by Crippen LogP contribution is 2.31. The Hall–Kier alpha value is -2.25. The minimum Gasteiger partial charge on any atom is -0.493 e. The summed E-state index contributed by atoms with van der Waals surface area (Å²) in [6.45, 7) is 0.430. The van der Waals surface area contributed by atoms with Crippen LogP contribution in [0.4, 0.5) is 0 Å². The van der Waals surface area contributed by atoms with Crippen molar-refractivity contribution in [3.8, 4) is 11.5 Å². The maximum Gasteiger partial charge on any atom is 0.264 e. The molecule has 0 aromatic heterocycles. The van der Waals surface area contributed by atoms with Crippen molar-refractivity contribution < 1.29 is 14.3 Å². The molecule has 5 nitrogen and oxygen atoms in total. The first-order chi connectivity index (χ1) is 12.0. The highest BCUT2D eigenvalue weighted by atomic mass is 79.9. The smallest absolute Gasteiger partial charge is 0.264 e. The molecule has 0 aliphatic carbocycles. The zero-order valence-electron chi connectivity index (χ0n) is 13.3. The molecule has 2 aromatic carbocycles. The molecule has 0 atom stereocenters. The third kappa shape index (κ3) is 4.43. The molecule has 25 heavy (non-hydrogen) atoms. The van der Waals surface area contributed by atoms with Crippen molar-refractivity contribution in [2.24, 2.45) is 0 Å². The van der Waals surface area contributed by atoms with Crippen LogP contribution in [0.3, 0.4) is 0 Å². The van der Waals surface area contributed by atoms with E-state index in [1.165, 1.54) is 0 Å². The van der Waals surface area contributed by atoms with E-state index in [1.54, 1.807) is 19.3 Å².